The lowest BCUT2D eigenvalue weighted by Crippen LogP contribution is -2.51. The molecule has 0 saturated heterocycles. The normalized spacial score (nSPS) is 44.7. The van der Waals surface area contributed by atoms with Crippen molar-refractivity contribution in [3.8, 4) is 0 Å². The summed E-state index contributed by atoms with van der Waals surface area (Å²) in [6, 6.07) is 0. The van der Waals surface area contributed by atoms with Crippen molar-refractivity contribution in [1.82, 2.24) is 5.32 Å². The Hall–Kier alpha value is -0.310. The molecule has 4 heteroatoms. The van der Waals surface area contributed by atoms with Crippen molar-refractivity contribution in [3.63, 3.8) is 0 Å². The first-order valence-electron chi connectivity index (χ1n) is 6.62. The zero-order valence-electron chi connectivity index (χ0n) is 9.92. The molecule has 96 valence electrons. The number of rotatable bonds is 3. The average molecular weight is 260 g/mol. The summed E-state index contributed by atoms with van der Waals surface area (Å²) in [4.78, 5) is 11.2. The van der Waals surface area contributed by atoms with Crippen molar-refractivity contribution in [2.75, 3.05) is 6.54 Å². The van der Waals surface area contributed by atoms with Crippen molar-refractivity contribution in [1.29, 1.82) is 0 Å². The fourth-order valence-corrected chi connectivity index (χ4v) is 4.94. The van der Waals surface area contributed by atoms with Gasteiger partial charge in [0.2, 0.25) is 0 Å². The topological polar surface area (TPSA) is 29.1 Å². The van der Waals surface area contributed by atoms with Crippen molar-refractivity contribution in [3.05, 3.63) is 0 Å². The van der Waals surface area contributed by atoms with Gasteiger partial charge in [0.25, 0.3) is 11.5 Å². The van der Waals surface area contributed by atoms with Gasteiger partial charge in [-0.05, 0) is 61.7 Å². The number of alkyl halides is 2. The Morgan fingerprint density at radius 3 is 2.12 bits per heavy atom. The highest BCUT2D eigenvalue weighted by Gasteiger charge is 2.50. The molecule has 0 spiro atoms. The third kappa shape index (κ3) is 2.18. The smallest absolute Gasteiger partial charge is 0.270 e. The van der Waals surface area contributed by atoms with Gasteiger partial charge in [-0.1, -0.05) is 11.6 Å². The van der Waals surface area contributed by atoms with Gasteiger partial charge in [-0.2, -0.15) is 0 Å². The van der Waals surface area contributed by atoms with Gasteiger partial charge in [0, 0.05) is 6.54 Å². The zero-order valence-corrected chi connectivity index (χ0v) is 10.7. The molecular weight excluding hydrogens is 241 g/mol. The lowest BCUT2D eigenvalue weighted by molar-refractivity contribution is -0.125. The third-order valence-corrected chi connectivity index (χ3v) is 5.20. The van der Waals surface area contributed by atoms with Crippen molar-refractivity contribution in [2.24, 2.45) is 23.2 Å². The summed E-state index contributed by atoms with van der Waals surface area (Å²) in [5.41, 5.74) is -1.64. The highest BCUT2D eigenvalue weighted by Crippen LogP contribution is 2.59. The number of hydrogen-bond donors (Lipinski definition) is 1. The summed E-state index contributed by atoms with van der Waals surface area (Å²) in [6.45, 7) is 0.627. The number of halogens is 2. The predicted molar refractivity (Wildman–Crippen MR) is 64.4 cm³/mol. The van der Waals surface area contributed by atoms with E-state index in [9.17, 15) is 9.18 Å². The number of amides is 1. The SMILES string of the molecule is O=C(NCC12CC3CC(CC(C3)C1)C2)C(F)Cl. The number of carbonyl (C=O) groups is 1. The van der Waals surface area contributed by atoms with Crippen LogP contribution in [0.1, 0.15) is 38.5 Å². The Morgan fingerprint density at radius 2 is 1.71 bits per heavy atom. The van der Waals surface area contributed by atoms with E-state index in [1.54, 1.807) is 0 Å². The van der Waals surface area contributed by atoms with E-state index < -0.39 is 11.5 Å². The molecule has 1 unspecified atom stereocenters. The summed E-state index contributed by atoms with van der Waals surface area (Å²) in [7, 11) is 0. The first-order chi connectivity index (χ1) is 8.06. The van der Waals surface area contributed by atoms with Crippen LogP contribution in [-0.2, 0) is 4.79 Å². The van der Waals surface area contributed by atoms with Crippen LogP contribution in [0.4, 0.5) is 4.39 Å². The fourth-order valence-electron chi connectivity index (χ4n) is 4.86. The van der Waals surface area contributed by atoms with Gasteiger partial charge in [-0.25, -0.2) is 4.39 Å². The lowest BCUT2D eigenvalue weighted by atomic mass is 9.49. The van der Waals surface area contributed by atoms with Gasteiger partial charge in [0.05, 0.1) is 0 Å². The predicted octanol–water partition coefficient (Wildman–Crippen LogP) is 2.85. The number of carbonyl (C=O) groups excluding carboxylic acids is 1. The van der Waals surface area contributed by atoms with E-state index in [0.717, 1.165) is 17.8 Å². The van der Waals surface area contributed by atoms with E-state index in [1.807, 2.05) is 0 Å². The average Bonchev–Trinajstić information content (AvgIpc) is 2.24. The Balaban J connectivity index is 1.64. The summed E-state index contributed by atoms with van der Waals surface area (Å²) in [6.07, 6.45) is 7.81. The Kier molecular flexibility index (Phi) is 2.85. The maximum Gasteiger partial charge on any atom is 0.270 e. The van der Waals surface area contributed by atoms with Crippen LogP contribution < -0.4 is 5.32 Å². The van der Waals surface area contributed by atoms with Gasteiger partial charge in [-0.15, -0.1) is 0 Å². The molecule has 0 radical (unpaired) electrons. The monoisotopic (exact) mass is 259 g/mol. The van der Waals surface area contributed by atoms with Crippen molar-refractivity contribution in [2.45, 2.75) is 44.2 Å². The molecule has 1 N–H and O–H groups in total. The number of hydrogen-bond acceptors (Lipinski definition) is 1. The van der Waals surface area contributed by atoms with Gasteiger partial charge in [0.1, 0.15) is 0 Å². The van der Waals surface area contributed by atoms with Crippen LogP contribution in [0.2, 0.25) is 0 Å². The molecule has 0 aromatic carbocycles. The lowest BCUT2D eigenvalue weighted by Gasteiger charge is -2.56. The molecule has 1 amide bonds. The van der Waals surface area contributed by atoms with Gasteiger partial charge >= 0.3 is 0 Å². The molecule has 4 aliphatic carbocycles. The van der Waals surface area contributed by atoms with Crippen LogP contribution in [0.3, 0.4) is 0 Å². The maximum absolute atomic E-state index is 12.6. The molecule has 4 bridgehead atoms. The maximum atomic E-state index is 12.6. The van der Waals surface area contributed by atoms with Crippen LogP contribution in [-0.4, -0.2) is 18.1 Å². The van der Waals surface area contributed by atoms with Crippen molar-refractivity contribution >= 4 is 17.5 Å². The molecule has 2 nitrogen and oxygen atoms in total. The molecule has 1 atom stereocenters. The highest BCUT2D eigenvalue weighted by atomic mass is 35.5. The largest absolute Gasteiger partial charge is 0.352 e. The molecular formula is C13H19ClFNO. The van der Waals surface area contributed by atoms with Gasteiger partial charge < -0.3 is 5.32 Å². The molecule has 17 heavy (non-hydrogen) atoms. The quantitative estimate of drug-likeness (QED) is 0.776. The molecule has 4 saturated carbocycles. The van der Waals surface area contributed by atoms with E-state index in [0.29, 0.717) is 6.54 Å². The van der Waals surface area contributed by atoms with Crippen LogP contribution in [0.5, 0.6) is 0 Å². The van der Waals surface area contributed by atoms with Crippen LogP contribution in [0, 0.1) is 23.2 Å². The van der Waals surface area contributed by atoms with Crippen LogP contribution in [0.15, 0.2) is 0 Å². The van der Waals surface area contributed by atoms with E-state index >= 15 is 0 Å². The minimum Gasteiger partial charge on any atom is -0.352 e. The van der Waals surface area contributed by atoms with Crippen LogP contribution in [0.25, 0.3) is 0 Å². The number of nitrogens with one attached hydrogen (secondary N) is 1. The van der Waals surface area contributed by atoms with E-state index in [-0.39, 0.29) is 5.41 Å². The summed E-state index contributed by atoms with van der Waals surface area (Å²) in [5, 5.41) is 2.69. The second-order valence-corrected chi connectivity index (χ2v) is 6.82. The molecule has 0 aromatic rings. The van der Waals surface area contributed by atoms with E-state index in [4.69, 9.17) is 11.6 Å². The fraction of sp³-hybridized carbons (Fsp3) is 0.923. The summed E-state index contributed by atoms with van der Waals surface area (Å²) in [5.74, 6) is 1.91. The zero-order chi connectivity index (χ0) is 12.0. The third-order valence-electron chi connectivity index (χ3n) is 5.00. The highest BCUT2D eigenvalue weighted by molar-refractivity contribution is 6.29. The van der Waals surface area contributed by atoms with Crippen LogP contribution >= 0.6 is 11.6 Å². The van der Waals surface area contributed by atoms with E-state index in [2.05, 4.69) is 5.32 Å². The van der Waals surface area contributed by atoms with Crippen molar-refractivity contribution < 1.29 is 9.18 Å². The Labute approximate surface area is 106 Å². The minimum atomic E-state index is -1.90. The first kappa shape index (κ1) is 11.8. The second kappa shape index (κ2) is 4.11. The second-order valence-electron chi connectivity index (χ2n) is 6.44. The van der Waals surface area contributed by atoms with Gasteiger partial charge in [-0.3, -0.25) is 4.79 Å². The molecule has 4 fully saturated rings. The molecule has 0 aromatic heterocycles. The molecule has 0 heterocycles. The standard InChI is InChI=1S/C13H19ClFNO/c14-11(15)12(17)16-7-13-4-8-1-9(5-13)3-10(2-8)6-13/h8-11H,1-7H2,(H,16,17). The molecule has 0 aliphatic heterocycles. The first-order valence-corrected chi connectivity index (χ1v) is 7.06. The Bertz CT molecular complexity index is 296. The summed E-state index contributed by atoms with van der Waals surface area (Å²) >= 11 is 5.14. The summed E-state index contributed by atoms with van der Waals surface area (Å²) < 4.78 is 12.6. The molecule has 4 rings (SSSR count). The van der Waals surface area contributed by atoms with Gasteiger partial charge in [0.15, 0.2) is 0 Å². The van der Waals surface area contributed by atoms with E-state index in [1.165, 1.54) is 38.5 Å². The Morgan fingerprint density at radius 1 is 1.24 bits per heavy atom. The molecule has 4 aliphatic rings. The minimum absolute atomic E-state index is 0.260.